The molecule has 1 aliphatic carbocycles. The second-order valence-corrected chi connectivity index (χ2v) is 5.89. The van der Waals surface area contributed by atoms with Crippen molar-refractivity contribution < 1.29 is 4.74 Å². The Hall–Kier alpha value is -1.10. The fourth-order valence-electron chi connectivity index (χ4n) is 3.01. The zero-order chi connectivity index (χ0) is 14.7. The zero-order valence-electron chi connectivity index (χ0n) is 13.3. The lowest BCUT2D eigenvalue weighted by Gasteiger charge is -2.30. The normalized spacial score (nSPS) is 21.6. The van der Waals surface area contributed by atoms with Gasteiger partial charge in [0.15, 0.2) is 0 Å². The van der Waals surface area contributed by atoms with Crippen LogP contribution in [0.3, 0.4) is 0 Å². The minimum absolute atomic E-state index is 0.382. The van der Waals surface area contributed by atoms with Crippen LogP contribution in [-0.2, 0) is 6.42 Å². The van der Waals surface area contributed by atoms with Crippen LogP contribution in [0.25, 0.3) is 0 Å². The maximum Gasteiger partial charge on any atom is 0.119 e. The number of nitrogens with zero attached hydrogens (tertiary/aromatic N) is 2. The molecule has 0 saturated carbocycles. The molecule has 112 valence electrons. The van der Waals surface area contributed by atoms with Crippen molar-refractivity contribution in [1.29, 1.82) is 0 Å². The van der Waals surface area contributed by atoms with Crippen molar-refractivity contribution in [1.82, 2.24) is 15.1 Å². The van der Waals surface area contributed by atoms with Gasteiger partial charge in [-0.25, -0.2) is 0 Å². The molecule has 1 aromatic rings. The van der Waals surface area contributed by atoms with Crippen LogP contribution in [-0.4, -0.2) is 64.2 Å². The molecular formula is C16H27N3O. The van der Waals surface area contributed by atoms with Crippen molar-refractivity contribution in [3.8, 4) is 5.75 Å². The number of nitrogens with one attached hydrogen (secondary N) is 1. The minimum atomic E-state index is 0.382. The van der Waals surface area contributed by atoms with E-state index in [9.17, 15) is 0 Å². The first-order chi connectivity index (χ1) is 9.56. The fourth-order valence-corrected chi connectivity index (χ4v) is 3.01. The standard InChI is InChI=1S/C16H27N3O/c1-17-16-14-11-13(20-5)7-6-12(14)10-15(16)19(4)9-8-18(2)3/h6-7,11,15-17H,8-10H2,1-5H3. The van der Waals surface area contributed by atoms with Gasteiger partial charge in [-0.15, -0.1) is 0 Å². The van der Waals surface area contributed by atoms with E-state index in [1.807, 2.05) is 7.05 Å². The molecule has 4 nitrogen and oxygen atoms in total. The van der Waals surface area contributed by atoms with Gasteiger partial charge in [-0.2, -0.15) is 0 Å². The molecule has 1 aromatic carbocycles. The fraction of sp³-hybridized carbons (Fsp3) is 0.625. The number of hydrogen-bond acceptors (Lipinski definition) is 4. The molecule has 0 bridgehead atoms. The molecule has 1 N–H and O–H groups in total. The zero-order valence-corrected chi connectivity index (χ0v) is 13.3. The van der Waals surface area contributed by atoms with Gasteiger partial charge in [0.1, 0.15) is 5.75 Å². The summed E-state index contributed by atoms with van der Waals surface area (Å²) in [7, 11) is 10.2. The molecule has 2 unspecified atom stereocenters. The van der Waals surface area contributed by atoms with Crippen LogP contribution >= 0.6 is 0 Å². The molecule has 0 amide bonds. The van der Waals surface area contributed by atoms with E-state index in [0.29, 0.717) is 12.1 Å². The van der Waals surface area contributed by atoms with Gasteiger partial charge in [0, 0.05) is 25.2 Å². The van der Waals surface area contributed by atoms with Crippen LogP contribution in [0.2, 0.25) is 0 Å². The molecule has 0 radical (unpaired) electrons. The summed E-state index contributed by atoms with van der Waals surface area (Å²) in [5.74, 6) is 0.945. The molecule has 0 saturated heterocycles. The third-order valence-corrected chi connectivity index (χ3v) is 4.28. The number of fused-ring (bicyclic) bond motifs is 1. The van der Waals surface area contributed by atoms with Crippen molar-refractivity contribution in [2.24, 2.45) is 0 Å². The molecule has 0 heterocycles. The minimum Gasteiger partial charge on any atom is -0.497 e. The summed E-state index contributed by atoms with van der Waals surface area (Å²) in [5.41, 5.74) is 2.82. The monoisotopic (exact) mass is 277 g/mol. The molecule has 4 heteroatoms. The van der Waals surface area contributed by atoms with Crippen molar-refractivity contribution >= 4 is 0 Å². The van der Waals surface area contributed by atoms with E-state index in [2.05, 4.69) is 54.5 Å². The van der Waals surface area contributed by atoms with Gasteiger partial charge in [0.25, 0.3) is 0 Å². The van der Waals surface area contributed by atoms with Gasteiger partial charge in [0.05, 0.1) is 7.11 Å². The second kappa shape index (κ2) is 6.57. The highest BCUT2D eigenvalue weighted by Gasteiger charge is 2.34. The maximum atomic E-state index is 5.36. The molecule has 0 aromatic heterocycles. The lowest BCUT2D eigenvalue weighted by Crippen LogP contribution is -2.42. The lowest BCUT2D eigenvalue weighted by atomic mass is 10.1. The first-order valence-electron chi connectivity index (χ1n) is 7.26. The Kier molecular flexibility index (Phi) is 5.02. The van der Waals surface area contributed by atoms with Crippen molar-refractivity contribution in [2.45, 2.75) is 18.5 Å². The highest BCUT2D eigenvalue weighted by Crippen LogP contribution is 2.36. The average Bonchev–Trinajstić information content (AvgIpc) is 2.81. The van der Waals surface area contributed by atoms with E-state index >= 15 is 0 Å². The molecule has 0 spiro atoms. The summed E-state index contributed by atoms with van der Waals surface area (Å²) < 4.78 is 5.36. The highest BCUT2D eigenvalue weighted by molar-refractivity contribution is 5.42. The molecule has 2 rings (SSSR count). The first kappa shape index (κ1) is 15.3. The van der Waals surface area contributed by atoms with Gasteiger partial charge in [0.2, 0.25) is 0 Å². The van der Waals surface area contributed by atoms with Crippen LogP contribution in [0, 0.1) is 0 Å². The summed E-state index contributed by atoms with van der Waals surface area (Å²) in [4.78, 5) is 4.70. The summed E-state index contributed by atoms with van der Waals surface area (Å²) in [6.07, 6.45) is 1.11. The molecule has 0 aliphatic heterocycles. The van der Waals surface area contributed by atoms with Crippen LogP contribution < -0.4 is 10.1 Å². The van der Waals surface area contributed by atoms with Crippen molar-refractivity contribution in [3.05, 3.63) is 29.3 Å². The van der Waals surface area contributed by atoms with Gasteiger partial charge >= 0.3 is 0 Å². The number of benzene rings is 1. The van der Waals surface area contributed by atoms with E-state index in [-0.39, 0.29) is 0 Å². The van der Waals surface area contributed by atoms with E-state index in [4.69, 9.17) is 4.74 Å². The smallest absolute Gasteiger partial charge is 0.119 e. The maximum absolute atomic E-state index is 5.36. The SMILES string of the molecule is CNC1c2cc(OC)ccc2CC1N(C)CCN(C)C. The molecular weight excluding hydrogens is 250 g/mol. The molecule has 2 atom stereocenters. The van der Waals surface area contributed by atoms with Gasteiger partial charge < -0.3 is 15.0 Å². The van der Waals surface area contributed by atoms with E-state index < -0.39 is 0 Å². The number of methoxy groups -OCH3 is 1. The Morgan fingerprint density at radius 2 is 2.00 bits per heavy atom. The summed E-state index contributed by atoms with van der Waals surface area (Å²) in [5, 5.41) is 3.48. The predicted molar refractivity (Wildman–Crippen MR) is 83.5 cm³/mol. The number of likely N-dealkylation sites (N-methyl/N-ethyl adjacent to an activating group) is 3. The summed E-state index contributed by atoms with van der Waals surface area (Å²) >= 11 is 0. The van der Waals surface area contributed by atoms with Crippen molar-refractivity contribution in [2.75, 3.05) is 48.4 Å². The Morgan fingerprint density at radius 3 is 2.60 bits per heavy atom. The van der Waals surface area contributed by atoms with E-state index in [0.717, 1.165) is 25.3 Å². The predicted octanol–water partition coefficient (Wildman–Crippen LogP) is 1.37. The Bertz CT molecular complexity index is 447. The number of hydrogen-bond donors (Lipinski definition) is 1. The van der Waals surface area contributed by atoms with Crippen LogP contribution in [0.1, 0.15) is 17.2 Å². The van der Waals surface area contributed by atoms with E-state index in [1.165, 1.54) is 11.1 Å². The summed E-state index contributed by atoms with van der Waals surface area (Å²) in [6, 6.07) is 7.34. The van der Waals surface area contributed by atoms with Crippen LogP contribution in [0.5, 0.6) is 5.75 Å². The van der Waals surface area contributed by atoms with Crippen LogP contribution in [0.4, 0.5) is 0 Å². The van der Waals surface area contributed by atoms with Gasteiger partial charge in [-0.05, 0) is 57.9 Å². The highest BCUT2D eigenvalue weighted by atomic mass is 16.5. The average molecular weight is 277 g/mol. The largest absolute Gasteiger partial charge is 0.497 e. The second-order valence-electron chi connectivity index (χ2n) is 5.89. The number of ether oxygens (including phenoxy) is 1. The number of rotatable bonds is 6. The van der Waals surface area contributed by atoms with E-state index in [1.54, 1.807) is 7.11 Å². The third kappa shape index (κ3) is 3.14. The Labute approximate surface area is 122 Å². The van der Waals surface area contributed by atoms with Gasteiger partial charge in [-0.1, -0.05) is 6.07 Å². The molecule has 1 aliphatic rings. The Morgan fingerprint density at radius 1 is 1.25 bits per heavy atom. The first-order valence-corrected chi connectivity index (χ1v) is 7.26. The van der Waals surface area contributed by atoms with Crippen molar-refractivity contribution in [3.63, 3.8) is 0 Å². The summed E-state index contributed by atoms with van der Waals surface area (Å²) in [6.45, 7) is 2.17. The Balaban J connectivity index is 2.14. The van der Waals surface area contributed by atoms with Crippen LogP contribution in [0.15, 0.2) is 18.2 Å². The van der Waals surface area contributed by atoms with Gasteiger partial charge in [-0.3, -0.25) is 4.90 Å². The quantitative estimate of drug-likeness (QED) is 0.850. The molecule has 0 fully saturated rings. The molecule has 20 heavy (non-hydrogen) atoms. The lowest BCUT2D eigenvalue weighted by molar-refractivity contribution is 0.190. The third-order valence-electron chi connectivity index (χ3n) is 4.28. The topological polar surface area (TPSA) is 27.7 Å².